The number of aromatic nitrogens is 2. The number of nitrogens with one attached hydrogen (secondary N) is 1. The number of carbonyl (C=O) groups is 1. The molecule has 0 spiro atoms. The van der Waals surface area contributed by atoms with E-state index < -0.39 is 0 Å². The van der Waals surface area contributed by atoms with Gasteiger partial charge < -0.3 is 14.6 Å². The summed E-state index contributed by atoms with van der Waals surface area (Å²) in [5.41, 5.74) is 2.83. The van der Waals surface area contributed by atoms with E-state index in [1.165, 1.54) is 0 Å². The number of nitrogens with zero attached hydrogens (tertiary/aromatic N) is 2. The van der Waals surface area contributed by atoms with Gasteiger partial charge in [0.1, 0.15) is 5.69 Å². The summed E-state index contributed by atoms with van der Waals surface area (Å²) < 4.78 is 5.97. The predicted octanol–water partition coefficient (Wildman–Crippen LogP) is 2.79. The van der Waals surface area contributed by atoms with E-state index in [4.69, 9.17) is 4.74 Å². The summed E-state index contributed by atoms with van der Waals surface area (Å²) >= 11 is 0. The number of carbonyl (C=O) groups excluding carboxylic acids is 1. The number of aromatic amines is 1. The van der Waals surface area contributed by atoms with Gasteiger partial charge in [0.25, 0.3) is 5.91 Å². The fourth-order valence-corrected chi connectivity index (χ4v) is 2.90. The Morgan fingerprint density at radius 2 is 2.35 bits per heavy atom. The highest BCUT2D eigenvalue weighted by Crippen LogP contribution is 2.17. The number of amides is 1. The molecule has 1 amide bonds. The molecule has 1 atom stereocenters. The Kier molecular flexibility index (Phi) is 5.08. The molecule has 0 radical (unpaired) electrons. The van der Waals surface area contributed by atoms with E-state index in [1.54, 1.807) is 6.20 Å². The van der Waals surface area contributed by atoms with Crippen LogP contribution in [0.25, 0.3) is 0 Å². The van der Waals surface area contributed by atoms with Crippen LogP contribution in [0.1, 0.15) is 41.5 Å². The van der Waals surface area contributed by atoms with Gasteiger partial charge in [-0.3, -0.25) is 9.78 Å². The van der Waals surface area contributed by atoms with Crippen molar-refractivity contribution in [1.82, 2.24) is 14.9 Å². The van der Waals surface area contributed by atoms with Crippen molar-refractivity contribution in [2.24, 2.45) is 0 Å². The molecule has 0 saturated carbocycles. The van der Waals surface area contributed by atoms with Crippen LogP contribution in [0.2, 0.25) is 0 Å². The Morgan fingerprint density at radius 1 is 1.43 bits per heavy atom. The van der Waals surface area contributed by atoms with Gasteiger partial charge >= 0.3 is 0 Å². The van der Waals surface area contributed by atoms with Crippen LogP contribution in [-0.4, -0.2) is 40.0 Å². The molecule has 2 aromatic rings. The van der Waals surface area contributed by atoms with Crippen molar-refractivity contribution in [2.45, 2.75) is 38.9 Å². The van der Waals surface area contributed by atoms with Crippen molar-refractivity contribution < 1.29 is 9.53 Å². The monoisotopic (exact) mass is 313 g/mol. The Bertz CT molecular complexity index is 639. The lowest BCUT2D eigenvalue weighted by Gasteiger charge is -2.32. The van der Waals surface area contributed by atoms with Gasteiger partial charge in [0, 0.05) is 31.2 Å². The molecular formula is C18H23N3O2. The lowest BCUT2D eigenvalue weighted by atomic mass is 10.1. The molecule has 5 heteroatoms. The second kappa shape index (κ2) is 7.42. The van der Waals surface area contributed by atoms with Crippen LogP contribution in [0.5, 0.6) is 0 Å². The van der Waals surface area contributed by atoms with Crippen molar-refractivity contribution in [2.75, 3.05) is 13.1 Å². The summed E-state index contributed by atoms with van der Waals surface area (Å²) in [4.78, 5) is 21.8. The summed E-state index contributed by atoms with van der Waals surface area (Å²) in [7, 11) is 0. The van der Waals surface area contributed by atoms with Gasteiger partial charge in [-0.05, 0) is 43.0 Å². The van der Waals surface area contributed by atoms with Crippen LogP contribution in [0.4, 0.5) is 0 Å². The molecule has 122 valence electrons. The molecule has 1 aliphatic heterocycles. The number of piperidine rings is 1. The maximum Gasteiger partial charge on any atom is 0.270 e. The Morgan fingerprint density at radius 3 is 3.09 bits per heavy atom. The van der Waals surface area contributed by atoms with Gasteiger partial charge in [0.15, 0.2) is 0 Å². The third-order valence-corrected chi connectivity index (χ3v) is 4.23. The third-order valence-electron chi connectivity index (χ3n) is 4.23. The molecule has 23 heavy (non-hydrogen) atoms. The molecule has 2 aromatic heterocycles. The normalized spacial score (nSPS) is 18.1. The van der Waals surface area contributed by atoms with Crippen LogP contribution in [0.3, 0.4) is 0 Å². The third kappa shape index (κ3) is 3.99. The van der Waals surface area contributed by atoms with Gasteiger partial charge in [-0.15, -0.1) is 0 Å². The standard InChI is InChI=1S/C18H23N3O2/c1-2-15-7-8-17(20-15)18(22)21-10-4-6-16(12-21)23-13-14-5-3-9-19-11-14/h3,5,7-9,11,16,20H,2,4,6,10,12-13H2,1H3. The highest BCUT2D eigenvalue weighted by molar-refractivity contribution is 5.92. The smallest absolute Gasteiger partial charge is 0.270 e. The Labute approximate surface area is 136 Å². The van der Waals surface area contributed by atoms with Crippen molar-refractivity contribution >= 4 is 5.91 Å². The van der Waals surface area contributed by atoms with Gasteiger partial charge in [-0.1, -0.05) is 13.0 Å². The van der Waals surface area contributed by atoms with Crippen LogP contribution in [0, 0.1) is 0 Å². The zero-order valence-electron chi connectivity index (χ0n) is 13.5. The van der Waals surface area contributed by atoms with Crippen LogP contribution in [0.15, 0.2) is 36.7 Å². The number of H-pyrrole nitrogens is 1. The first-order chi connectivity index (χ1) is 11.3. The predicted molar refractivity (Wildman–Crippen MR) is 88.1 cm³/mol. The molecule has 3 rings (SSSR count). The topological polar surface area (TPSA) is 58.2 Å². The fourth-order valence-electron chi connectivity index (χ4n) is 2.90. The Balaban J connectivity index is 1.56. The largest absolute Gasteiger partial charge is 0.372 e. The van der Waals surface area contributed by atoms with Gasteiger partial charge in [0.2, 0.25) is 0 Å². The lowest BCUT2D eigenvalue weighted by molar-refractivity contribution is -0.00695. The summed E-state index contributed by atoms with van der Waals surface area (Å²) in [6, 6.07) is 7.77. The number of likely N-dealkylation sites (tertiary alicyclic amines) is 1. The molecule has 0 aromatic carbocycles. The maximum absolute atomic E-state index is 12.6. The Hall–Kier alpha value is -2.14. The van der Waals surface area contributed by atoms with Crippen molar-refractivity contribution in [3.05, 3.63) is 53.6 Å². The second-order valence-corrected chi connectivity index (χ2v) is 5.94. The summed E-state index contributed by atoms with van der Waals surface area (Å²) in [5.74, 6) is 0.0689. The van der Waals surface area contributed by atoms with E-state index in [-0.39, 0.29) is 12.0 Å². The first-order valence-corrected chi connectivity index (χ1v) is 8.24. The number of rotatable bonds is 5. The number of pyridine rings is 1. The zero-order valence-corrected chi connectivity index (χ0v) is 13.5. The van der Waals surface area contributed by atoms with Gasteiger partial charge in [-0.25, -0.2) is 0 Å². The van der Waals surface area contributed by atoms with Gasteiger partial charge in [-0.2, -0.15) is 0 Å². The second-order valence-electron chi connectivity index (χ2n) is 5.94. The summed E-state index contributed by atoms with van der Waals surface area (Å²) in [6.45, 7) is 4.07. The van der Waals surface area contributed by atoms with Crippen LogP contribution in [-0.2, 0) is 17.8 Å². The quantitative estimate of drug-likeness (QED) is 0.923. The number of aryl methyl sites for hydroxylation is 1. The highest BCUT2D eigenvalue weighted by atomic mass is 16.5. The average molecular weight is 313 g/mol. The SMILES string of the molecule is CCc1ccc(C(=O)N2CCCC(OCc3cccnc3)C2)[nH]1. The molecule has 0 bridgehead atoms. The van der Waals surface area contributed by atoms with Crippen molar-refractivity contribution in [3.63, 3.8) is 0 Å². The fraction of sp³-hybridized carbons (Fsp3) is 0.444. The minimum absolute atomic E-state index is 0.0689. The lowest BCUT2D eigenvalue weighted by Crippen LogP contribution is -2.43. The number of hydrogen-bond acceptors (Lipinski definition) is 3. The molecule has 5 nitrogen and oxygen atoms in total. The average Bonchev–Trinajstić information content (AvgIpc) is 3.10. The molecular weight excluding hydrogens is 290 g/mol. The van der Waals surface area contributed by atoms with E-state index in [0.29, 0.717) is 18.8 Å². The molecule has 1 saturated heterocycles. The molecule has 1 N–H and O–H groups in total. The van der Waals surface area contributed by atoms with Crippen molar-refractivity contribution in [3.8, 4) is 0 Å². The van der Waals surface area contributed by atoms with E-state index >= 15 is 0 Å². The van der Waals surface area contributed by atoms with Gasteiger partial charge in [0.05, 0.1) is 12.7 Å². The molecule has 1 aliphatic rings. The minimum atomic E-state index is 0.0689. The maximum atomic E-state index is 12.6. The van der Waals surface area contributed by atoms with Crippen LogP contribution >= 0.6 is 0 Å². The number of hydrogen-bond donors (Lipinski definition) is 1. The minimum Gasteiger partial charge on any atom is -0.372 e. The molecule has 0 aliphatic carbocycles. The molecule has 3 heterocycles. The zero-order chi connectivity index (χ0) is 16.1. The van der Waals surface area contributed by atoms with E-state index in [9.17, 15) is 4.79 Å². The summed E-state index contributed by atoms with van der Waals surface area (Å²) in [5, 5.41) is 0. The van der Waals surface area contributed by atoms with Crippen molar-refractivity contribution in [1.29, 1.82) is 0 Å². The first kappa shape index (κ1) is 15.7. The first-order valence-electron chi connectivity index (χ1n) is 8.24. The van der Waals surface area contributed by atoms with E-state index in [1.807, 2.05) is 35.4 Å². The highest BCUT2D eigenvalue weighted by Gasteiger charge is 2.25. The molecule has 1 fully saturated rings. The summed E-state index contributed by atoms with van der Waals surface area (Å²) in [6.07, 6.45) is 6.54. The molecule has 1 unspecified atom stereocenters. The van der Waals surface area contributed by atoms with E-state index in [0.717, 1.165) is 37.1 Å². The van der Waals surface area contributed by atoms with Crippen LogP contribution < -0.4 is 0 Å². The van der Waals surface area contributed by atoms with E-state index in [2.05, 4.69) is 16.9 Å². The number of ether oxygens (including phenoxy) is 1.